The second-order valence-electron chi connectivity index (χ2n) is 6.03. The molecule has 2 fully saturated rings. The van der Waals surface area contributed by atoms with Crippen LogP contribution < -0.4 is 5.32 Å². The van der Waals surface area contributed by atoms with Crippen LogP contribution in [0.4, 0.5) is 0 Å². The summed E-state index contributed by atoms with van der Waals surface area (Å²) in [5, 5.41) is 4.01. The molecule has 2 aliphatic heterocycles. The van der Waals surface area contributed by atoms with E-state index in [9.17, 15) is 4.79 Å². The highest BCUT2D eigenvalue weighted by atomic mass is 35.5. The van der Waals surface area contributed by atoms with Crippen LogP contribution in [-0.2, 0) is 4.79 Å². The fourth-order valence-electron chi connectivity index (χ4n) is 3.12. The van der Waals surface area contributed by atoms with Gasteiger partial charge in [-0.25, -0.2) is 0 Å². The highest BCUT2D eigenvalue weighted by Gasteiger charge is 2.34. The Morgan fingerprint density at radius 1 is 1.35 bits per heavy atom. The zero-order chi connectivity index (χ0) is 14.1. The van der Waals surface area contributed by atoms with E-state index in [2.05, 4.69) is 24.4 Å². The van der Waals surface area contributed by atoms with Gasteiger partial charge in [-0.2, -0.15) is 0 Å². The van der Waals surface area contributed by atoms with E-state index in [4.69, 9.17) is 11.6 Å². The van der Waals surface area contributed by atoms with E-state index < -0.39 is 0 Å². The molecule has 2 atom stereocenters. The third kappa shape index (κ3) is 2.70. The van der Waals surface area contributed by atoms with Crippen LogP contribution in [-0.4, -0.2) is 37.0 Å². The molecular formula is C16H21ClN2O. The van der Waals surface area contributed by atoms with Gasteiger partial charge in [-0.15, -0.1) is 0 Å². The minimum absolute atomic E-state index is 0.153. The van der Waals surface area contributed by atoms with Crippen LogP contribution in [0.2, 0.25) is 5.02 Å². The molecule has 3 rings (SSSR count). The summed E-state index contributed by atoms with van der Waals surface area (Å²) in [6, 6.07) is 8.04. The molecule has 2 saturated heterocycles. The molecule has 0 bridgehead atoms. The zero-order valence-electron chi connectivity index (χ0n) is 11.8. The largest absolute Gasteiger partial charge is 0.342 e. The molecule has 2 unspecified atom stereocenters. The molecule has 108 valence electrons. The maximum atomic E-state index is 12.5. The van der Waals surface area contributed by atoms with Crippen molar-refractivity contribution in [2.24, 2.45) is 11.8 Å². The Kier molecular flexibility index (Phi) is 3.99. The number of amides is 1. The first-order valence-corrected chi connectivity index (χ1v) is 7.78. The van der Waals surface area contributed by atoms with Crippen LogP contribution >= 0.6 is 11.6 Å². The molecular weight excluding hydrogens is 272 g/mol. The number of nitrogens with zero attached hydrogens (tertiary/aromatic N) is 1. The molecule has 1 aromatic carbocycles. The van der Waals surface area contributed by atoms with E-state index in [1.807, 2.05) is 17.0 Å². The molecule has 1 aromatic rings. The summed E-state index contributed by atoms with van der Waals surface area (Å²) < 4.78 is 0. The van der Waals surface area contributed by atoms with E-state index in [0.717, 1.165) is 37.6 Å². The summed E-state index contributed by atoms with van der Waals surface area (Å²) in [4.78, 5) is 14.5. The van der Waals surface area contributed by atoms with Gasteiger partial charge in [0.2, 0.25) is 5.91 Å². The number of halogens is 1. The second-order valence-corrected chi connectivity index (χ2v) is 6.46. The van der Waals surface area contributed by atoms with Crippen LogP contribution in [0.3, 0.4) is 0 Å². The van der Waals surface area contributed by atoms with Crippen LogP contribution in [0.1, 0.15) is 24.8 Å². The topological polar surface area (TPSA) is 32.3 Å². The van der Waals surface area contributed by atoms with Crippen molar-refractivity contribution < 1.29 is 4.79 Å². The molecule has 0 aliphatic carbocycles. The predicted octanol–water partition coefficient (Wildman–Crippen LogP) is 2.51. The maximum Gasteiger partial charge on any atom is 0.225 e. The fourth-order valence-corrected chi connectivity index (χ4v) is 3.25. The summed E-state index contributed by atoms with van der Waals surface area (Å²) in [6.07, 6.45) is 1.06. The summed E-state index contributed by atoms with van der Waals surface area (Å²) in [5.41, 5.74) is 1.29. The van der Waals surface area contributed by atoms with Gasteiger partial charge in [-0.05, 0) is 43.1 Å². The number of carbonyl (C=O) groups is 1. The Morgan fingerprint density at radius 2 is 2.05 bits per heavy atom. The molecule has 1 amide bonds. The highest BCUT2D eigenvalue weighted by Crippen LogP contribution is 2.30. The van der Waals surface area contributed by atoms with Crippen molar-refractivity contribution in [3.63, 3.8) is 0 Å². The van der Waals surface area contributed by atoms with Gasteiger partial charge in [0.05, 0.1) is 0 Å². The van der Waals surface area contributed by atoms with Gasteiger partial charge in [0, 0.05) is 29.9 Å². The van der Waals surface area contributed by atoms with Crippen LogP contribution in [0.15, 0.2) is 24.3 Å². The molecule has 0 spiro atoms. The number of likely N-dealkylation sites (tertiary alicyclic amines) is 1. The third-order valence-electron chi connectivity index (χ3n) is 4.75. The normalized spacial score (nSPS) is 24.5. The van der Waals surface area contributed by atoms with Gasteiger partial charge in [-0.1, -0.05) is 30.7 Å². The molecule has 4 heteroatoms. The lowest BCUT2D eigenvalue weighted by Gasteiger charge is -2.34. The fraction of sp³-hybridized carbons (Fsp3) is 0.562. The SMILES string of the molecule is CC(C(=O)N1CCC(c2ccc(Cl)cc2)C1)C1CNC1. The van der Waals surface area contributed by atoms with Crippen molar-refractivity contribution >= 4 is 17.5 Å². The lowest BCUT2D eigenvalue weighted by molar-refractivity contribution is -0.136. The Bertz CT molecular complexity index is 484. The van der Waals surface area contributed by atoms with Crippen molar-refractivity contribution in [1.82, 2.24) is 10.2 Å². The van der Waals surface area contributed by atoms with E-state index in [1.165, 1.54) is 5.56 Å². The van der Waals surface area contributed by atoms with Gasteiger partial charge >= 0.3 is 0 Å². The second kappa shape index (κ2) is 5.74. The monoisotopic (exact) mass is 292 g/mol. The molecule has 0 aromatic heterocycles. The summed E-state index contributed by atoms with van der Waals surface area (Å²) >= 11 is 5.93. The Balaban J connectivity index is 1.61. The quantitative estimate of drug-likeness (QED) is 0.928. The smallest absolute Gasteiger partial charge is 0.225 e. The van der Waals surface area contributed by atoms with Crippen molar-refractivity contribution in [3.8, 4) is 0 Å². The predicted molar refractivity (Wildman–Crippen MR) is 80.9 cm³/mol. The standard InChI is InChI=1S/C16H21ClN2O/c1-11(14-8-18-9-14)16(20)19-7-6-13(10-19)12-2-4-15(17)5-3-12/h2-5,11,13-14,18H,6-10H2,1H3. The van der Waals surface area contributed by atoms with Crippen molar-refractivity contribution in [2.75, 3.05) is 26.2 Å². The maximum absolute atomic E-state index is 12.5. The number of carbonyl (C=O) groups excluding carboxylic acids is 1. The van der Waals surface area contributed by atoms with Gasteiger partial charge < -0.3 is 10.2 Å². The average molecular weight is 293 g/mol. The molecule has 0 radical (unpaired) electrons. The van der Waals surface area contributed by atoms with Gasteiger partial charge in [0.25, 0.3) is 0 Å². The zero-order valence-corrected chi connectivity index (χ0v) is 12.6. The number of hydrogen-bond acceptors (Lipinski definition) is 2. The lowest BCUT2D eigenvalue weighted by atomic mass is 9.88. The summed E-state index contributed by atoms with van der Waals surface area (Å²) in [6.45, 7) is 5.79. The van der Waals surface area contributed by atoms with Gasteiger partial charge in [0.15, 0.2) is 0 Å². The van der Waals surface area contributed by atoms with E-state index in [0.29, 0.717) is 17.7 Å². The first kappa shape index (κ1) is 13.9. The van der Waals surface area contributed by atoms with E-state index in [1.54, 1.807) is 0 Å². The van der Waals surface area contributed by atoms with Gasteiger partial charge in [0.1, 0.15) is 0 Å². The van der Waals surface area contributed by atoms with Crippen LogP contribution in [0.5, 0.6) is 0 Å². The Hall–Kier alpha value is -1.06. The molecule has 0 saturated carbocycles. The van der Waals surface area contributed by atoms with Crippen molar-refractivity contribution in [2.45, 2.75) is 19.3 Å². The van der Waals surface area contributed by atoms with E-state index >= 15 is 0 Å². The summed E-state index contributed by atoms with van der Waals surface area (Å²) in [5.74, 6) is 1.47. The Morgan fingerprint density at radius 3 is 2.65 bits per heavy atom. The highest BCUT2D eigenvalue weighted by molar-refractivity contribution is 6.30. The van der Waals surface area contributed by atoms with Crippen LogP contribution in [0.25, 0.3) is 0 Å². The van der Waals surface area contributed by atoms with Crippen molar-refractivity contribution in [3.05, 3.63) is 34.9 Å². The number of nitrogens with one attached hydrogen (secondary N) is 1. The molecule has 2 aliphatic rings. The molecule has 20 heavy (non-hydrogen) atoms. The number of rotatable bonds is 3. The minimum atomic E-state index is 0.153. The first-order chi connectivity index (χ1) is 9.65. The first-order valence-electron chi connectivity index (χ1n) is 7.40. The third-order valence-corrected chi connectivity index (χ3v) is 5.00. The van der Waals surface area contributed by atoms with Crippen LogP contribution in [0, 0.1) is 11.8 Å². The lowest BCUT2D eigenvalue weighted by Crippen LogP contribution is -2.50. The Labute approximate surface area is 125 Å². The number of benzene rings is 1. The summed E-state index contributed by atoms with van der Waals surface area (Å²) in [7, 11) is 0. The van der Waals surface area contributed by atoms with Crippen molar-refractivity contribution in [1.29, 1.82) is 0 Å². The molecule has 1 N–H and O–H groups in total. The van der Waals surface area contributed by atoms with Gasteiger partial charge in [-0.3, -0.25) is 4.79 Å². The minimum Gasteiger partial charge on any atom is -0.342 e. The molecule has 3 nitrogen and oxygen atoms in total. The van der Waals surface area contributed by atoms with E-state index in [-0.39, 0.29) is 5.92 Å². The molecule has 2 heterocycles. The average Bonchev–Trinajstić information content (AvgIpc) is 2.86. The number of hydrogen-bond donors (Lipinski definition) is 1.